The SMILES string of the molecule is COC[C@@]12COC[C@@H]1CN(c1nc(-c3ccc(F)cc3)cs1)C2. The van der Waals surface area contributed by atoms with Crippen molar-refractivity contribution in [2.24, 2.45) is 11.3 Å². The van der Waals surface area contributed by atoms with Gasteiger partial charge in [-0.05, 0) is 24.3 Å². The Bertz CT molecular complexity index is 690. The molecule has 23 heavy (non-hydrogen) atoms. The van der Waals surface area contributed by atoms with Crippen LogP contribution in [0.5, 0.6) is 0 Å². The van der Waals surface area contributed by atoms with Gasteiger partial charge < -0.3 is 14.4 Å². The number of halogens is 1. The molecule has 2 aliphatic rings. The Morgan fingerprint density at radius 1 is 1.43 bits per heavy atom. The van der Waals surface area contributed by atoms with Crippen LogP contribution in [-0.4, -0.2) is 45.0 Å². The predicted octanol–water partition coefficient (Wildman–Crippen LogP) is 3.05. The van der Waals surface area contributed by atoms with Crippen LogP contribution in [0.15, 0.2) is 29.6 Å². The van der Waals surface area contributed by atoms with Gasteiger partial charge in [0.2, 0.25) is 0 Å². The molecule has 3 heterocycles. The zero-order chi connectivity index (χ0) is 15.9. The average Bonchev–Trinajstić information content (AvgIpc) is 3.21. The first kappa shape index (κ1) is 15.1. The lowest BCUT2D eigenvalue weighted by atomic mass is 9.82. The predicted molar refractivity (Wildman–Crippen MR) is 88.3 cm³/mol. The van der Waals surface area contributed by atoms with Crippen molar-refractivity contribution in [1.82, 2.24) is 4.98 Å². The molecule has 4 nitrogen and oxygen atoms in total. The van der Waals surface area contributed by atoms with Crippen molar-refractivity contribution in [2.45, 2.75) is 0 Å². The third-order valence-corrected chi connectivity index (χ3v) is 5.76. The smallest absolute Gasteiger partial charge is 0.185 e. The Morgan fingerprint density at radius 2 is 2.26 bits per heavy atom. The van der Waals surface area contributed by atoms with Gasteiger partial charge in [-0.2, -0.15) is 0 Å². The molecule has 0 unspecified atom stereocenters. The zero-order valence-corrected chi connectivity index (χ0v) is 13.8. The molecule has 0 aliphatic carbocycles. The first-order chi connectivity index (χ1) is 11.2. The molecule has 0 radical (unpaired) electrons. The fourth-order valence-electron chi connectivity index (χ4n) is 3.63. The van der Waals surface area contributed by atoms with Gasteiger partial charge in [-0.15, -0.1) is 11.3 Å². The monoisotopic (exact) mass is 334 g/mol. The van der Waals surface area contributed by atoms with E-state index in [0.717, 1.165) is 49.3 Å². The highest BCUT2D eigenvalue weighted by Gasteiger charge is 2.51. The van der Waals surface area contributed by atoms with Crippen LogP contribution in [0.4, 0.5) is 9.52 Å². The van der Waals surface area contributed by atoms with Gasteiger partial charge in [-0.25, -0.2) is 9.37 Å². The molecule has 0 saturated carbocycles. The Kier molecular flexibility index (Phi) is 3.83. The summed E-state index contributed by atoms with van der Waals surface area (Å²) in [7, 11) is 1.75. The summed E-state index contributed by atoms with van der Waals surface area (Å²) in [6.07, 6.45) is 0. The first-order valence-corrected chi connectivity index (χ1v) is 8.61. The van der Waals surface area contributed by atoms with Gasteiger partial charge in [-0.3, -0.25) is 0 Å². The molecule has 1 aromatic carbocycles. The van der Waals surface area contributed by atoms with Crippen LogP contribution in [0, 0.1) is 17.2 Å². The zero-order valence-electron chi connectivity index (χ0n) is 13.0. The highest BCUT2D eigenvalue weighted by atomic mass is 32.1. The average molecular weight is 334 g/mol. The van der Waals surface area contributed by atoms with E-state index in [2.05, 4.69) is 4.90 Å². The fraction of sp³-hybridized carbons (Fsp3) is 0.471. The van der Waals surface area contributed by atoms with Crippen LogP contribution in [-0.2, 0) is 9.47 Å². The number of nitrogens with zero attached hydrogens (tertiary/aromatic N) is 2. The van der Waals surface area contributed by atoms with E-state index in [1.807, 2.05) is 5.38 Å². The molecule has 2 fully saturated rings. The number of hydrogen-bond acceptors (Lipinski definition) is 5. The lowest BCUT2D eigenvalue weighted by Gasteiger charge is -2.25. The van der Waals surface area contributed by atoms with E-state index < -0.39 is 0 Å². The summed E-state index contributed by atoms with van der Waals surface area (Å²) in [4.78, 5) is 7.09. The molecular formula is C17H19FN2O2S. The summed E-state index contributed by atoms with van der Waals surface area (Å²) in [5.41, 5.74) is 1.94. The van der Waals surface area contributed by atoms with E-state index in [9.17, 15) is 4.39 Å². The minimum Gasteiger partial charge on any atom is -0.384 e. The van der Waals surface area contributed by atoms with Crippen molar-refractivity contribution in [3.63, 3.8) is 0 Å². The molecule has 2 aliphatic heterocycles. The number of thiazole rings is 1. The summed E-state index contributed by atoms with van der Waals surface area (Å²) >= 11 is 1.64. The molecule has 0 spiro atoms. The standard InChI is InChI=1S/C17H19FN2O2S/c1-21-10-17-9-20(6-13(17)7-22-11-17)16-19-15(8-23-16)12-2-4-14(18)5-3-12/h2-5,8,13H,6-7,9-11H2,1H3/t13-,17-/m0/s1. The van der Waals surface area contributed by atoms with Crippen molar-refractivity contribution in [1.29, 1.82) is 0 Å². The number of fused-ring (bicyclic) bond motifs is 1. The number of methoxy groups -OCH3 is 1. The minimum absolute atomic E-state index is 0.0937. The van der Waals surface area contributed by atoms with Crippen LogP contribution < -0.4 is 4.90 Å². The summed E-state index contributed by atoms with van der Waals surface area (Å²) in [5, 5.41) is 3.06. The van der Waals surface area contributed by atoms with E-state index in [1.165, 1.54) is 12.1 Å². The number of rotatable bonds is 4. The Hall–Kier alpha value is -1.50. The number of anilines is 1. The minimum atomic E-state index is -0.224. The second-order valence-corrected chi connectivity index (χ2v) is 7.25. The van der Waals surface area contributed by atoms with E-state index in [-0.39, 0.29) is 11.2 Å². The maximum atomic E-state index is 13.0. The number of hydrogen-bond donors (Lipinski definition) is 0. The van der Waals surface area contributed by atoms with Gasteiger partial charge in [0.25, 0.3) is 0 Å². The third kappa shape index (κ3) is 2.65. The normalized spacial score (nSPS) is 26.7. The maximum Gasteiger partial charge on any atom is 0.185 e. The van der Waals surface area contributed by atoms with Crippen molar-refractivity contribution < 1.29 is 13.9 Å². The Balaban J connectivity index is 1.55. The first-order valence-electron chi connectivity index (χ1n) is 7.73. The topological polar surface area (TPSA) is 34.6 Å². The quantitative estimate of drug-likeness (QED) is 0.861. The van der Waals surface area contributed by atoms with Gasteiger partial charge >= 0.3 is 0 Å². The lowest BCUT2D eigenvalue weighted by molar-refractivity contribution is 0.0660. The fourth-order valence-corrected chi connectivity index (χ4v) is 4.48. The third-order valence-electron chi connectivity index (χ3n) is 4.86. The van der Waals surface area contributed by atoms with Crippen LogP contribution >= 0.6 is 11.3 Å². The van der Waals surface area contributed by atoms with Gasteiger partial charge in [0.05, 0.1) is 25.5 Å². The molecule has 2 aromatic rings. The van der Waals surface area contributed by atoms with Gasteiger partial charge in [0, 0.05) is 42.5 Å². The molecular weight excluding hydrogens is 315 g/mol. The maximum absolute atomic E-state index is 13.0. The van der Waals surface area contributed by atoms with Crippen LogP contribution in [0.3, 0.4) is 0 Å². The lowest BCUT2D eigenvalue weighted by Crippen LogP contribution is -2.35. The van der Waals surface area contributed by atoms with Crippen molar-refractivity contribution in [3.8, 4) is 11.3 Å². The van der Waals surface area contributed by atoms with E-state index in [4.69, 9.17) is 14.5 Å². The van der Waals surface area contributed by atoms with E-state index in [1.54, 1.807) is 30.6 Å². The highest BCUT2D eigenvalue weighted by molar-refractivity contribution is 7.14. The molecule has 1 aromatic heterocycles. The van der Waals surface area contributed by atoms with Gasteiger partial charge in [0.1, 0.15) is 5.82 Å². The van der Waals surface area contributed by atoms with Crippen molar-refractivity contribution in [3.05, 3.63) is 35.5 Å². The Morgan fingerprint density at radius 3 is 3.04 bits per heavy atom. The summed E-state index contributed by atoms with van der Waals surface area (Å²) in [6, 6.07) is 6.49. The summed E-state index contributed by atoms with van der Waals surface area (Å²) in [6.45, 7) is 4.17. The number of ether oxygens (including phenoxy) is 2. The highest BCUT2D eigenvalue weighted by Crippen LogP contribution is 2.44. The van der Waals surface area contributed by atoms with Gasteiger partial charge in [0.15, 0.2) is 5.13 Å². The van der Waals surface area contributed by atoms with Gasteiger partial charge in [-0.1, -0.05) is 0 Å². The van der Waals surface area contributed by atoms with Crippen LogP contribution in [0.2, 0.25) is 0 Å². The molecule has 0 amide bonds. The molecule has 6 heteroatoms. The van der Waals surface area contributed by atoms with E-state index in [0.29, 0.717) is 5.92 Å². The number of benzene rings is 1. The van der Waals surface area contributed by atoms with Crippen LogP contribution in [0.1, 0.15) is 0 Å². The second-order valence-electron chi connectivity index (χ2n) is 6.41. The Labute approximate surface area is 138 Å². The molecule has 2 atom stereocenters. The largest absolute Gasteiger partial charge is 0.384 e. The summed E-state index contributed by atoms with van der Waals surface area (Å²) < 4.78 is 24.2. The van der Waals surface area contributed by atoms with Crippen molar-refractivity contribution >= 4 is 16.5 Å². The summed E-state index contributed by atoms with van der Waals surface area (Å²) in [5.74, 6) is 0.277. The molecule has 122 valence electrons. The van der Waals surface area contributed by atoms with E-state index >= 15 is 0 Å². The molecule has 0 N–H and O–H groups in total. The number of aromatic nitrogens is 1. The van der Waals surface area contributed by atoms with Crippen LogP contribution in [0.25, 0.3) is 11.3 Å². The molecule has 0 bridgehead atoms. The second kappa shape index (κ2) is 5.85. The molecule has 2 saturated heterocycles. The van der Waals surface area contributed by atoms with Crippen molar-refractivity contribution in [2.75, 3.05) is 44.9 Å². The molecule has 4 rings (SSSR count).